The normalized spacial score (nSPS) is 29.6. The number of carbonyl (C=O) groups excluding carboxylic acids is 1. The molecule has 0 amide bonds. The number of carbonyl (C=O) groups is 1. The Morgan fingerprint density at radius 3 is 2.28 bits per heavy atom. The molecule has 7 N–H and O–H groups in total. The van der Waals surface area contributed by atoms with Crippen LogP contribution in [0.5, 0.6) is 17.2 Å². The third-order valence-corrected chi connectivity index (χ3v) is 4.23. The molecule has 140 valence electrons. The molecule has 1 fully saturated rings. The van der Waals surface area contributed by atoms with Crippen molar-refractivity contribution >= 4 is 5.78 Å². The zero-order chi connectivity index (χ0) is 18.9. The van der Waals surface area contributed by atoms with Gasteiger partial charge in [0.15, 0.2) is 5.78 Å². The number of phenols is 3. The van der Waals surface area contributed by atoms with E-state index in [-0.39, 0.29) is 6.42 Å². The van der Waals surface area contributed by atoms with Crippen LogP contribution < -0.4 is 0 Å². The lowest BCUT2D eigenvalue weighted by Gasteiger charge is -2.40. The summed E-state index contributed by atoms with van der Waals surface area (Å²) in [6.45, 7) is 1.04. The van der Waals surface area contributed by atoms with Gasteiger partial charge in [-0.25, -0.2) is 0 Å². The lowest BCUT2D eigenvalue weighted by Crippen LogP contribution is -2.55. The maximum atomic E-state index is 12.1. The Kier molecular flexibility index (Phi) is 5.86. The number of hydrogen-bond donors (Lipinski definition) is 7. The number of phenolic OH excluding ortho intramolecular Hbond substituents is 3. The smallest absolute Gasteiger partial charge is 0.170 e. The summed E-state index contributed by atoms with van der Waals surface area (Å²) in [5, 5.41) is 69.4. The Morgan fingerprint density at radius 1 is 1.08 bits per heavy atom. The SMILES string of the molecule is CCCC(=O)c1c(O)cc(O)c([C@@H]2O[C@H](CO)[C@@H](O)[C@H](O)[C@H]2O)c1O. The van der Waals surface area contributed by atoms with E-state index >= 15 is 0 Å². The summed E-state index contributed by atoms with van der Waals surface area (Å²) in [4.78, 5) is 12.1. The van der Waals surface area contributed by atoms with Crippen LogP contribution in [-0.2, 0) is 4.74 Å². The van der Waals surface area contributed by atoms with Gasteiger partial charge in [0.05, 0.1) is 12.2 Å². The second-order valence-corrected chi connectivity index (χ2v) is 5.97. The predicted molar refractivity (Wildman–Crippen MR) is 83.4 cm³/mol. The maximum Gasteiger partial charge on any atom is 0.170 e. The van der Waals surface area contributed by atoms with Crippen molar-refractivity contribution in [1.82, 2.24) is 0 Å². The molecule has 5 atom stereocenters. The molecule has 0 aromatic heterocycles. The highest BCUT2D eigenvalue weighted by molar-refractivity contribution is 6.02. The number of hydrogen-bond acceptors (Lipinski definition) is 9. The summed E-state index contributed by atoms with van der Waals surface area (Å²) < 4.78 is 5.29. The zero-order valence-corrected chi connectivity index (χ0v) is 13.5. The first-order chi connectivity index (χ1) is 11.7. The fourth-order valence-corrected chi connectivity index (χ4v) is 2.90. The summed E-state index contributed by atoms with van der Waals surface area (Å²) >= 11 is 0. The Balaban J connectivity index is 2.54. The van der Waals surface area contributed by atoms with E-state index in [1.54, 1.807) is 6.92 Å². The van der Waals surface area contributed by atoms with Gasteiger partial charge in [0.1, 0.15) is 53.3 Å². The molecule has 0 spiro atoms. The molecule has 1 aliphatic heterocycles. The third kappa shape index (κ3) is 3.42. The van der Waals surface area contributed by atoms with Crippen molar-refractivity contribution in [3.63, 3.8) is 0 Å². The molecule has 9 nitrogen and oxygen atoms in total. The van der Waals surface area contributed by atoms with Crippen molar-refractivity contribution in [2.24, 2.45) is 0 Å². The molecule has 0 aliphatic carbocycles. The Labute approximate surface area is 143 Å². The van der Waals surface area contributed by atoms with Crippen LogP contribution in [0.2, 0.25) is 0 Å². The van der Waals surface area contributed by atoms with E-state index in [1.807, 2.05) is 0 Å². The molecule has 0 bridgehead atoms. The highest BCUT2D eigenvalue weighted by Crippen LogP contribution is 2.46. The molecule has 0 radical (unpaired) electrons. The molecule has 1 aromatic rings. The van der Waals surface area contributed by atoms with Crippen molar-refractivity contribution in [3.05, 3.63) is 17.2 Å². The average Bonchev–Trinajstić information content (AvgIpc) is 2.54. The minimum absolute atomic E-state index is 0.0278. The first-order valence-corrected chi connectivity index (χ1v) is 7.86. The van der Waals surface area contributed by atoms with Gasteiger partial charge in [0.25, 0.3) is 0 Å². The molecule has 9 heteroatoms. The number of aliphatic hydroxyl groups is 4. The van der Waals surface area contributed by atoms with Crippen LogP contribution in [0.1, 0.15) is 41.8 Å². The lowest BCUT2D eigenvalue weighted by atomic mass is 9.88. The molecular weight excluding hydrogens is 336 g/mol. The van der Waals surface area contributed by atoms with Crippen LogP contribution in [-0.4, -0.2) is 72.6 Å². The highest BCUT2D eigenvalue weighted by Gasteiger charge is 2.46. The maximum absolute atomic E-state index is 12.1. The Bertz CT molecular complexity index is 643. The minimum atomic E-state index is -1.76. The number of Topliss-reactive ketones (excluding diaryl/α,β-unsaturated/α-hetero) is 1. The lowest BCUT2D eigenvalue weighted by molar-refractivity contribution is -0.232. The summed E-state index contributed by atoms with van der Waals surface area (Å²) in [6.07, 6.45) is -7.41. The number of rotatable bonds is 5. The van der Waals surface area contributed by atoms with Crippen LogP contribution in [0, 0.1) is 0 Å². The fraction of sp³-hybridized carbons (Fsp3) is 0.562. The van der Waals surface area contributed by atoms with Gasteiger partial charge in [-0.2, -0.15) is 0 Å². The van der Waals surface area contributed by atoms with E-state index in [1.165, 1.54) is 0 Å². The first-order valence-electron chi connectivity index (χ1n) is 7.86. The second kappa shape index (κ2) is 7.54. The number of benzene rings is 1. The van der Waals surface area contributed by atoms with Crippen LogP contribution in [0.25, 0.3) is 0 Å². The van der Waals surface area contributed by atoms with E-state index in [0.29, 0.717) is 6.42 Å². The Morgan fingerprint density at radius 2 is 1.72 bits per heavy atom. The molecule has 1 aliphatic rings. The van der Waals surface area contributed by atoms with Gasteiger partial charge in [-0.05, 0) is 6.42 Å². The topological polar surface area (TPSA) is 168 Å². The molecule has 1 aromatic carbocycles. The zero-order valence-electron chi connectivity index (χ0n) is 13.5. The van der Waals surface area contributed by atoms with Crippen molar-refractivity contribution < 1.29 is 45.3 Å². The molecule has 1 heterocycles. The van der Waals surface area contributed by atoms with Gasteiger partial charge in [-0.3, -0.25) is 4.79 Å². The fourth-order valence-electron chi connectivity index (χ4n) is 2.90. The van der Waals surface area contributed by atoms with E-state index in [2.05, 4.69) is 0 Å². The minimum Gasteiger partial charge on any atom is -0.507 e. The summed E-state index contributed by atoms with van der Waals surface area (Å²) in [5.74, 6) is -2.68. The van der Waals surface area contributed by atoms with Gasteiger partial charge >= 0.3 is 0 Å². The summed E-state index contributed by atoms with van der Waals surface area (Å²) in [6, 6.07) is 0.819. The van der Waals surface area contributed by atoms with E-state index in [9.17, 15) is 40.5 Å². The third-order valence-electron chi connectivity index (χ3n) is 4.23. The number of ketones is 1. The number of ether oxygens (including phenoxy) is 1. The first kappa shape index (κ1) is 19.4. The predicted octanol–water partition coefficient (Wildman–Crippen LogP) is -0.699. The molecule has 0 unspecified atom stereocenters. The van der Waals surface area contributed by atoms with Crippen LogP contribution in [0.3, 0.4) is 0 Å². The Hall–Kier alpha value is -1.91. The quantitative estimate of drug-likeness (QED) is 0.337. The highest BCUT2D eigenvalue weighted by atomic mass is 16.5. The van der Waals surface area contributed by atoms with Crippen LogP contribution in [0.4, 0.5) is 0 Å². The number of aromatic hydroxyl groups is 3. The van der Waals surface area contributed by atoms with Gasteiger partial charge in [-0.1, -0.05) is 6.92 Å². The molecule has 1 saturated heterocycles. The van der Waals surface area contributed by atoms with E-state index < -0.39 is 71.3 Å². The molecule has 2 rings (SSSR count). The largest absolute Gasteiger partial charge is 0.507 e. The van der Waals surface area contributed by atoms with Crippen molar-refractivity contribution in [2.45, 2.75) is 50.3 Å². The van der Waals surface area contributed by atoms with Crippen molar-refractivity contribution in [2.75, 3.05) is 6.61 Å². The molecular formula is C16H22O9. The number of aliphatic hydroxyl groups excluding tert-OH is 4. The summed E-state index contributed by atoms with van der Waals surface area (Å²) in [7, 11) is 0. The van der Waals surface area contributed by atoms with Gasteiger partial charge in [0, 0.05) is 12.5 Å². The van der Waals surface area contributed by atoms with E-state index in [4.69, 9.17) is 4.74 Å². The van der Waals surface area contributed by atoms with Gasteiger partial charge in [0.2, 0.25) is 0 Å². The standard InChI is InChI=1S/C16H22O9/c1-2-3-6(18)10-7(19)4-8(20)11(13(10)22)16-15(24)14(23)12(21)9(5-17)25-16/h4,9,12,14-17,19-24H,2-3,5H2,1H3/t9-,12-,14+,15-,16+/m1/s1. The van der Waals surface area contributed by atoms with Crippen molar-refractivity contribution in [1.29, 1.82) is 0 Å². The second-order valence-electron chi connectivity index (χ2n) is 5.97. The summed E-state index contributed by atoms with van der Waals surface area (Å²) in [5.41, 5.74) is -0.860. The average molecular weight is 358 g/mol. The van der Waals surface area contributed by atoms with Crippen LogP contribution >= 0.6 is 0 Å². The van der Waals surface area contributed by atoms with E-state index in [0.717, 1.165) is 6.07 Å². The van der Waals surface area contributed by atoms with Gasteiger partial charge in [-0.15, -0.1) is 0 Å². The van der Waals surface area contributed by atoms with Gasteiger partial charge < -0.3 is 40.5 Å². The monoisotopic (exact) mass is 358 g/mol. The van der Waals surface area contributed by atoms with Crippen LogP contribution in [0.15, 0.2) is 6.07 Å². The molecule has 0 saturated carbocycles. The molecule has 25 heavy (non-hydrogen) atoms. The van der Waals surface area contributed by atoms with Crippen molar-refractivity contribution in [3.8, 4) is 17.2 Å².